The monoisotopic (exact) mass is 446 g/mol. The fourth-order valence-corrected chi connectivity index (χ4v) is 3.58. The van der Waals surface area contributed by atoms with E-state index in [4.69, 9.17) is 9.47 Å². The lowest BCUT2D eigenvalue weighted by Crippen LogP contribution is -2.37. The first kappa shape index (κ1) is 20.2. The summed E-state index contributed by atoms with van der Waals surface area (Å²) >= 11 is 3.38. The van der Waals surface area contributed by atoms with Gasteiger partial charge in [0.15, 0.2) is 0 Å². The number of halogens is 1. The van der Waals surface area contributed by atoms with E-state index in [1.807, 2.05) is 12.1 Å². The second-order valence-electron chi connectivity index (χ2n) is 6.48. The van der Waals surface area contributed by atoms with Crippen molar-refractivity contribution in [1.29, 1.82) is 0 Å². The predicted molar refractivity (Wildman–Crippen MR) is 110 cm³/mol. The minimum absolute atomic E-state index is 0.0170. The van der Waals surface area contributed by atoms with E-state index >= 15 is 0 Å². The van der Waals surface area contributed by atoms with Crippen LogP contribution in [0, 0.1) is 0 Å². The molecule has 2 amide bonds. The molecule has 0 saturated carbocycles. The van der Waals surface area contributed by atoms with Crippen molar-refractivity contribution >= 4 is 27.7 Å². The molecular formula is C21H23BrN2O4. The molecule has 1 aliphatic heterocycles. The van der Waals surface area contributed by atoms with Crippen LogP contribution in [0.25, 0.3) is 0 Å². The first-order valence-electron chi connectivity index (χ1n) is 9.10. The van der Waals surface area contributed by atoms with Gasteiger partial charge >= 0.3 is 0 Å². The van der Waals surface area contributed by atoms with Gasteiger partial charge < -0.3 is 19.3 Å². The van der Waals surface area contributed by atoms with Crippen molar-refractivity contribution in [2.45, 2.75) is 6.42 Å². The van der Waals surface area contributed by atoms with Crippen molar-refractivity contribution in [1.82, 2.24) is 9.80 Å². The summed E-state index contributed by atoms with van der Waals surface area (Å²) in [6, 6.07) is 12.6. The Morgan fingerprint density at radius 2 is 1.36 bits per heavy atom. The number of hydrogen-bond acceptors (Lipinski definition) is 4. The summed E-state index contributed by atoms with van der Waals surface area (Å²) in [6.45, 7) is 2.13. The summed E-state index contributed by atoms with van der Waals surface area (Å²) in [5.74, 6) is 0.802. The predicted octanol–water partition coefficient (Wildman–Crippen LogP) is 3.45. The largest absolute Gasteiger partial charge is 0.496 e. The van der Waals surface area contributed by atoms with Crippen molar-refractivity contribution in [3.8, 4) is 11.5 Å². The standard InChI is InChI=1S/C21H23BrN2O4/c1-27-17-5-3-6-18(28-2)19(17)21(26)24-12-4-11-23(13-14-24)20(25)15-7-9-16(22)10-8-15/h3,5-10H,4,11-14H2,1-2H3. The molecule has 6 nitrogen and oxygen atoms in total. The molecule has 148 valence electrons. The van der Waals surface area contributed by atoms with E-state index in [1.165, 1.54) is 14.2 Å². The minimum Gasteiger partial charge on any atom is -0.496 e. The van der Waals surface area contributed by atoms with Crippen molar-refractivity contribution in [3.05, 3.63) is 58.1 Å². The lowest BCUT2D eigenvalue weighted by molar-refractivity contribution is 0.0715. The molecule has 0 aliphatic carbocycles. The van der Waals surface area contributed by atoms with Crippen molar-refractivity contribution < 1.29 is 19.1 Å². The van der Waals surface area contributed by atoms with Crippen LogP contribution in [0.4, 0.5) is 0 Å². The van der Waals surface area contributed by atoms with Crippen LogP contribution in [-0.4, -0.2) is 62.0 Å². The van der Waals surface area contributed by atoms with Gasteiger partial charge in [0.1, 0.15) is 17.1 Å². The summed E-state index contributed by atoms with van der Waals surface area (Å²) in [5.41, 5.74) is 1.06. The highest BCUT2D eigenvalue weighted by Gasteiger charge is 2.27. The van der Waals surface area contributed by atoms with Crippen molar-refractivity contribution in [3.63, 3.8) is 0 Å². The average Bonchev–Trinajstić information content (AvgIpc) is 2.99. The van der Waals surface area contributed by atoms with E-state index in [1.54, 1.807) is 40.1 Å². The van der Waals surface area contributed by atoms with Gasteiger partial charge in [-0.1, -0.05) is 22.0 Å². The third-order valence-electron chi connectivity index (χ3n) is 4.80. The Labute approximate surface area is 173 Å². The van der Waals surface area contributed by atoms with Crippen LogP contribution in [0.2, 0.25) is 0 Å². The lowest BCUT2D eigenvalue weighted by atomic mass is 10.1. The quantitative estimate of drug-likeness (QED) is 0.721. The molecule has 0 spiro atoms. The van der Waals surface area contributed by atoms with E-state index in [0.29, 0.717) is 55.2 Å². The number of ether oxygens (including phenoxy) is 2. The Bertz CT molecular complexity index is 832. The van der Waals surface area contributed by atoms with Gasteiger partial charge in [-0.3, -0.25) is 9.59 Å². The first-order valence-corrected chi connectivity index (χ1v) is 9.89. The summed E-state index contributed by atoms with van der Waals surface area (Å²) in [7, 11) is 3.07. The smallest absolute Gasteiger partial charge is 0.261 e. The fraction of sp³-hybridized carbons (Fsp3) is 0.333. The summed E-state index contributed by atoms with van der Waals surface area (Å²) < 4.78 is 11.7. The Morgan fingerprint density at radius 1 is 0.821 bits per heavy atom. The highest BCUT2D eigenvalue weighted by molar-refractivity contribution is 9.10. The van der Waals surface area contributed by atoms with Gasteiger partial charge in [-0.25, -0.2) is 0 Å². The number of nitrogens with zero attached hydrogens (tertiary/aromatic N) is 2. The number of rotatable bonds is 4. The summed E-state index contributed by atoms with van der Waals surface area (Å²) in [6.07, 6.45) is 0.714. The summed E-state index contributed by atoms with van der Waals surface area (Å²) in [5, 5.41) is 0. The maximum atomic E-state index is 13.2. The van der Waals surface area contributed by atoms with Crippen LogP contribution >= 0.6 is 15.9 Å². The molecule has 7 heteroatoms. The van der Waals surface area contributed by atoms with E-state index in [-0.39, 0.29) is 11.8 Å². The average molecular weight is 447 g/mol. The maximum absolute atomic E-state index is 13.2. The van der Waals surface area contributed by atoms with Gasteiger partial charge in [0.25, 0.3) is 11.8 Å². The van der Waals surface area contributed by atoms with E-state index in [9.17, 15) is 9.59 Å². The van der Waals surface area contributed by atoms with Crippen LogP contribution < -0.4 is 9.47 Å². The molecule has 0 N–H and O–H groups in total. The second kappa shape index (κ2) is 9.10. The highest BCUT2D eigenvalue weighted by atomic mass is 79.9. The zero-order chi connectivity index (χ0) is 20.1. The van der Waals surface area contributed by atoms with Crippen LogP contribution in [0.15, 0.2) is 46.9 Å². The number of hydrogen-bond donors (Lipinski definition) is 0. The molecule has 2 aromatic rings. The van der Waals surface area contributed by atoms with Gasteiger partial charge in [-0.2, -0.15) is 0 Å². The van der Waals surface area contributed by atoms with Crippen LogP contribution in [0.3, 0.4) is 0 Å². The van der Waals surface area contributed by atoms with Crippen LogP contribution in [0.1, 0.15) is 27.1 Å². The molecule has 3 rings (SSSR count). The molecule has 1 heterocycles. The zero-order valence-corrected chi connectivity index (χ0v) is 17.6. The Kier molecular flexibility index (Phi) is 6.57. The number of benzene rings is 2. The number of carbonyl (C=O) groups excluding carboxylic acids is 2. The number of amides is 2. The molecule has 0 aromatic heterocycles. The first-order chi connectivity index (χ1) is 13.5. The molecule has 0 atom stereocenters. The fourth-order valence-electron chi connectivity index (χ4n) is 3.32. The number of carbonyl (C=O) groups is 2. The molecule has 0 radical (unpaired) electrons. The third-order valence-corrected chi connectivity index (χ3v) is 5.33. The van der Waals surface area contributed by atoms with E-state index in [2.05, 4.69) is 15.9 Å². The Hall–Kier alpha value is -2.54. The topological polar surface area (TPSA) is 59.1 Å². The van der Waals surface area contributed by atoms with Crippen molar-refractivity contribution in [2.24, 2.45) is 0 Å². The maximum Gasteiger partial charge on any atom is 0.261 e. The van der Waals surface area contributed by atoms with Gasteiger partial charge in [0, 0.05) is 36.2 Å². The van der Waals surface area contributed by atoms with Gasteiger partial charge in [-0.15, -0.1) is 0 Å². The zero-order valence-electron chi connectivity index (χ0n) is 16.0. The molecule has 2 aromatic carbocycles. The SMILES string of the molecule is COc1cccc(OC)c1C(=O)N1CCCN(C(=O)c2ccc(Br)cc2)CC1. The Balaban J connectivity index is 1.74. The van der Waals surface area contributed by atoms with Crippen LogP contribution in [0.5, 0.6) is 11.5 Å². The van der Waals surface area contributed by atoms with Gasteiger partial charge in [0.05, 0.1) is 14.2 Å². The molecule has 0 unspecified atom stereocenters. The normalized spacial score (nSPS) is 14.4. The van der Waals surface area contributed by atoms with Crippen LogP contribution in [-0.2, 0) is 0 Å². The van der Waals surface area contributed by atoms with E-state index in [0.717, 1.165) is 4.47 Å². The molecule has 1 fully saturated rings. The minimum atomic E-state index is -0.146. The van der Waals surface area contributed by atoms with E-state index < -0.39 is 0 Å². The molecule has 28 heavy (non-hydrogen) atoms. The second-order valence-corrected chi connectivity index (χ2v) is 7.40. The Morgan fingerprint density at radius 3 is 1.89 bits per heavy atom. The highest BCUT2D eigenvalue weighted by Crippen LogP contribution is 2.30. The van der Waals surface area contributed by atoms with Gasteiger partial charge in [-0.05, 0) is 42.8 Å². The molecule has 1 aliphatic rings. The van der Waals surface area contributed by atoms with Gasteiger partial charge in [0.2, 0.25) is 0 Å². The third kappa shape index (κ3) is 4.30. The molecule has 1 saturated heterocycles. The summed E-state index contributed by atoms with van der Waals surface area (Å²) in [4.78, 5) is 29.5. The molecule has 0 bridgehead atoms. The molecular weight excluding hydrogens is 424 g/mol. The number of methoxy groups -OCH3 is 2. The van der Waals surface area contributed by atoms with Crippen molar-refractivity contribution in [2.75, 3.05) is 40.4 Å². The lowest BCUT2D eigenvalue weighted by Gasteiger charge is -2.23.